The molecule has 1 aromatic carbocycles. The standard InChI is InChI=1S/C20H24N2O2/c1-12-5-4-6-13(9-12)14-10-17(23)19(18(24)11-14)20-21-15-7-2-3-8-16(15)22-20/h4-6,9,14-16,23H,2-3,7-8,10-11H2,1H3,(H,21,22)/t14?,15-,16+. The van der Waals surface area contributed by atoms with Gasteiger partial charge in [0.15, 0.2) is 5.78 Å². The van der Waals surface area contributed by atoms with Crippen LogP contribution in [0.4, 0.5) is 0 Å². The van der Waals surface area contributed by atoms with Gasteiger partial charge < -0.3 is 10.4 Å². The fraction of sp³-hybridized carbons (Fsp3) is 0.500. The molecule has 1 heterocycles. The first-order chi connectivity index (χ1) is 11.6. The number of nitrogens with one attached hydrogen (secondary N) is 1. The molecule has 3 aliphatic rings. The fourth-order valence-electron chi connectivity index (χ4n) is 4.27. The van der Waals surface area contributed by atoms with E-state index in [-0.39, 0.29) is 23.5 Å². The van der Waals surface area contributed by atoms with Crippen molar-refractivity contribution in [2.24, 2.45) is 4.99 Å². The van der Waals surface area contributed by atoms with Crippen LogP contribution in [0.3, 0.4) is 0 Å². The van der Waals surface area contributed by atoms with Crippen LogP contribution in [0.1, 0.15) is 55.6 Å². The van der Waals surface area contributed by atoms with Crippen molar-refractivity contribution in [2.45, 2.75) is 63.5 Å². The van der Waals surface area contributed by atoms with E-state index in [1.165, 1.54) is 18.4 Å². The third-order valence-corrected chi connectivity index (χ3v) is 5.54. The van der Waals surface area contributed by atoms with Crippen LogP contribution in [0.2, 0.25) is 0 Å². The summed E-state index contributed by atoms with van der Waals surface area (Å²) >= 11 is 0. The molecular formula is C20H24N2O2. The van der Waals surface area contributed by atoms with Gasteiger partial charge in [0.2, 0.25) is 0 Å². The van der Waals surface area contributed by atoms with Crippen LogP contribution < -0.4 is 5.32 Å². The van der Waals surface area contributed by atoms with E-state index in [1.807, 2.05) is 25.1 Å². The summed E-state index contributed by atoms with van der Waals surface area (Å²) in [4.78, 5) is 17.4. The van der Waals surface area contributed by atoms with E-state index in [0.29, 0.717) is 30.3 Å². The molecule has 3 atom stereocenters. The van der Waals surface area contributed by atoms with Crippen molar-refractivity contribution in [1.29, 1.82) is 0 Å². The topological polar surface area (TPSA) is 61.7 Å². The highest BCUT2D eigenvalue weighted by Gasteiger charge is 2.37. The normalized spacial score (nSPS) is 30.0. The molecule has 126 valence electrons. The number of nitrogens with zero attached hydrogens (tertiary/aromatic N) is 1. The van der Waals surface area contributed by atoms with Crippen LogP contribution in [-0.4, -0.2) is 28.8 Å². The molecule has 0 spiro atoms. The quantitative estimate of drug-likeness (QED) is 0.874. The smallest absolute Gasteiger partial charge is 0.170 e. The number of aryl methyl sites for hydroxylation is 1. The van der Waals surface area contributed by atoms with Crippen LogP contribution in [0.15, 0.2) is 40.6 Å². The van der Waals surface area contributed by atoms with Gasteiger partial charge in [-0.25, -0.2) is 0 Å². The Balaban J connectivity index is 1.59. The number of ketones is 1. The first-order valence-electron chi connectivity index (χ1n) is 8.98. The molecule has 1 aromatic rings. The molecule has 4 nitrogen and oxygen atoms in total. The van der Waals surface area contributed by atoms with Crippen LogP contribution in [0.25, 0.3) is 0 Å². The van der Waals surface area contributed by atoms with Crippen LogP contribution >= 0.6 is 0 Å². The molecule has 0 bridgehead atoms. The molecule has 2 aliphatic carbocycles. The number of fused-ring (bicyclic) bond motifs is 1. The van der Waals surface area contributed by atoms with E-state index in [0.717, 1.165) is 18.4 Å². The van der Waals surface area contributed by atoms with Gasteiger partial charge >= 0.3 is 0 Å². The zero-order chi connectivity index (χ0) is 16.7. The Kier molecular flexibility index (Phi) is 3.91. The van der Waals surface area contributed by atoms with Gasteiger partial charge in [0.05, 0.1) is 11.6 Å². The maximum Gasteiger partial charge on any atom is 0.170 e. The number of aliphatic hydroxyl groups excluding tert-OH is 1. The van der Waals surface area contributed by atoms with Crippen molar-refractivity contribution in [3.8, 4) is 0 Å². The lowest BCUT2D eigenvalue weighted by molar-refractivity contribution is -0.116. The van der Waals surface area contributed by atoms with Crippen LogP contribution in [-0.2, 0) is 4.79 Å². The van der Waals surface area contributed by atoms with E-state index >= 15 is 0 Å². The Labute approximate surface area is 142 Å². The first-order valence-corrected chi connectivity index (χ1v) is 8.98. The number of amidine groups is 1. The molecule has 1 saturated carbocycles. The SMILES string of the molecule is Cc1cccc(C2CC(=O)C(C3=N[C@H]4CCCC[C@H]4N3)=C(O)C2)c1. The zero-order valence-electron chi connectivity index (χ0n) is 14.1. The number of carbonyl (C=O) groups excluding carboxylic acids is 1. The van der Waals surface area contributed by atoms with Gasteiger partial charge in [0, 0.05) is 18.9 Å². The molecule has 24 heavy (non-hydrogen) atoms. The van der Waals surface area contributed by atoms with Gasteiger partial charge in [0.25, 0.3) is 0 Å². The van der Waals surface area contributed by atoms with Gasteiger partial charge in [-0.1, -0.05) is 42.7 Å². The van der Waals surface area contributed by atoms with E-state index in [1.54, 1.807) is 0 Å². The van der Waals surface area contributed by atoms with Gasteiger partial charge in [-0.2, -0.15) is 0 Å². The third-order valence-electron chi connectivity index (χ3n) is 5.54. The van der Waals surface area contributed by atoms with E-state index in [4.69, 9.17) is 4.99 Å². The predicted octanol–water partition coefficient (Wildman–Crippen LogP) is 3.57. The van der Waals surface area contributed by atoms with Gasteiger partial charge in [-0.15, -0.1) is 0 Å². The summed E-state index contributed by atoms with van der Waals surface area (Å²) in [6, 6.07) is 8.83. The number of aliphatic hydroxyl groups is 1. The number of aliphatic imine (C=N–C) groups is 1. The molecule has 1 unspecified atom stereocenters. The minimum absolute atomic E-state index is 0.00940. The van der Waals surface area contributed by atoms with Crippen LogP contribution in [0.5, 0.6) is 0 Å². The molecular weight excluding hydrogens is 300 g/mol. The average molecular weight is 324 g/mol. The lowest BCUT2D eigenvalue weighted by Gasteiger charge is -2.25. The molecule has 1 aliphatic heterocycles. The number of carbonyl (C=O) groups is 1. The van der Waals surface area contributed by atoms with Crippen molar-refractivity contribution in [3.63, 3.8) is 0 Å². The Bertz CT molecular complexity index is 735. The fourth-order valence-corrected chi connectivity index (χ4v) is 4.27. The Morgan fingerprint density at radius 3 is 2.79 bits per heavy atom. The first kappa shape index (κ1) is 15.4. The number of allylic oxidation sites excluding steroid dienone is 1. The maximum atomic E-state index is 12.7. The van der Waals surface area contributed by atoms with Crippen LogP contribution in [0, 0.1) is 6.92 Å². The molecule has 2 N–H and O–H groups in total. The molecule has 0 amide bonds. The van der Waals surface area contributed by atoms with Gasteiger partial charge in [-0.05, 0) is 31.2 Å². The number of hydrogen-bond donors (Lipinski definition) is 2. The minimum atomic E-state index is 0.00940. The Morgan fingerprint density at radius 1 is 1.21 bits per heavy atom. The van der Waals surface area contributed by atoms with Crippen molar-refractivity contribution in [2.75, 3.05) is 0 Å². The van der Waals surface area contributed by atoms with E-state index < -0.39 is 0 Å². The number of Topliss-reactive ketones (excluding diaryl/α,β-unsaturated/α-hetero) is 1. The second kappa shape index (κ2) is 6.08. The molecule has 4 rings (SSSR count). The summed E-state index contributed by atoms with van der Waals surface area (Å²) in [7, 11) is 0. The summed E-state index contributed by atoms with van der Waals surface area (Å²) in [5, 5.41) is 14.0. The maximum absolute atomic E-state index is 12.7. The van der Waals surface area contributed by atoms with E-state index in [2.05, 4.69) is 11.4 Å². The Hall–Kier alpha value is -2.10. The van der Waals surface area contributed by atoms with Gasteiger partial charge in [0.1, 0.15) is 11.6 Å². The molecule has 1 fully saturated rings. The summed E-state index contributed by atoms with van der Waals surface area (Å²) in [6.07, 6.45) is 5.56. The van der Waals surface area contributed by atoms with Gasteiger partial charge in [-0.3, -0.25) is 9.79 Å². The second-order valence-electron chi connectivity index (χ2n) is 7.34. The predicted molar refractivity (Wildman–Crippen MR) is 94.4 cm³/mol. The number of rotatable bonds is 2. The van der Waals surface area contributed by atoms with Crippen molar-refractivity contribution in [1.82, 2.24) is 5.32 Å². The summed E-state index contributed by atoms with van der Waals surface area (Å²) in [5.41, 5.74) is 2.75. The Morgan fingerprint density at radius 2 is 2.04 bits per heavy atom. The minimum Gasteiger partial charge on any atom is -0.511 e. The third kappa shape index (κ3) is 2.74. The highest BCUT2D eigenvalue weighted by Crippen LogP contribution is 2.35. The second-order valence-corrected chi connectivity index (χ2v) is 7.34. The zero-order valence-corrected chi connectivity index (χ0v) is 14.1. The molecule has 0 radical (unpaired) electrons. The van der Waals surface area contributed by atoms with Crippen molar-refractivity contribution in [3.05, 3.63) is 46.7 Å². The summed E-state index contributed by atoms with van der Waals surface area (Å²) in [5.74, 6) is 0.903. The average Bonchev–Trinajstić information content (AvgIpc) is 2.97. The monoisotopic (exact) mass is 324 g/mol. The molecule has 0 aromatic heterocycles. The van der Waals surface area contributed by atoms with Crippen molar-refractivity contribution >= 4 is 11.6 Å². The highest BCUT2D eigenvalue weighted by molar-refractivity contribution is 6.23. The summed E-state index contributed by atoms with van der Waals surface area (Å²) in [6.45, 7) is 2.05. The lowest BCUT2D eigenvalue weighted by Crippen LogP contribution is -2.39. The molecule has 4 heteroatoms. The van der Waals surface area contributed by atoms with E-state index in [9.17, 15) is 9.90 Å². The van der Waals surface area contributed by atoms with Crippen molar-refractivity contribution < 1.29 is 9.90 Å². The molecule has 0 saturated heterocycles. The number of benzene rings is 1. The lowest BCUT2D eigenvalue weighted by atomic mass is 9.82. The largest absolute Gasteiger partial charge is 0.511 e. The number of hydrogen-bond acceptors (Lipinski definition) is 4. The summed E-state index contributed by atoms with van der Waals surface area (Å²) < 4.78 is 0. The highest BCUT2D eigenvalue weighted by atomic mass is 16.3.